The molecule has 1 aromatic carbocycles. The van der Waals surface area contributed by atoms with Gasteiger partial charge in [0, 0.05) is 12.6 Å². The number of likely N-dealkylation sites (tertiary alicyclic amines) is 1. The second-order valence-electron chi connectivity index (χ2n) is 6.20. The Morgan fingerprint density at radius 1 is 1.33 bits per heavy atom. The molecule has 2 atom stereocenters. The molecule has 2 rings (SSSR count). The summed E-state index contributed by atoms with van der Waals surface area (Å²) in [6.07, 6.45) is 6.61. The Morgan fingerprint density at radius 2 is 2.17 bits per heavy atom. The number of hydrogen-bond donors (Lipinski definition) is 2. The molecule has 2 N–H and O–H groups in total. The van der Waals surface area contributed by atoms with Crippen LogP contribution < -0.4 is 9.47 Å². The monoisotopic (exact) mass is 335 g/mol. The number of aliphatic hydroxyl groups excluding tert-OH is 2. The molecule has 0 amide bonds. The van der Waals surface area contributed by atoms with Crippen molar-refractivity contribution in [2.75, 3.05) is 33.4 Å². The van der Waals surface area contributed by atoms with Crippen LogP contribution >= 0.6 is 0 Å². The minimum Gasteiger partial charge on any atom is -0.493 e. The van der Waals surface area contributed by atoms with Gasteiger partial charge in [0.15, 0.2) is 11.5 Å². The van der Waals surface area contributed by atoms with Gasteiger partial charge in [-0.05, 0) is 44.0 Å². The average Bonchev–Trinajstić information content (AvgIpc) is 2.61. The van der Waals surface area contributed by atoms with Gasteiger partial charge in [-0.1, -0.05) is 24.6 Å². The van der Waals surface area contributed by atoms with E-state index in [1.165, 1.54) is 0 Å². The third kappa shape index (κ3) is 5.23. The van der Waals surface area contributed by atoms with Crippen molar-refractivity contribution in [3.63, 3.8) is 0 Å². The fourth-order valence-corrected chi connectivity index (χ4v) is 3.12. The van der Waals surface area contributed by atoms with E-state index in [1.807, 2.05) is 37.3 Å². The zero-order valence-corrected chi connectivity index (χ0v) is 14.6. The van der Waals surface area contributed by atoms with Gasteiger partial charge in [0.25, 0.3) is 0 Å². The third-order valence-corrected chi connectivity index (χ3v) is 4.38. The van der Waals surface area contributed by atoms with Gasteiger partial charge >= 0.3 is 0 Å². The molecule has 24 heavy (non-hydrogen) atoms. The van der Waals surface area contributed by atoms with Crippen molar-refractivity contribution in [3.05, 3.63) is 29.8 Å². The van der Waals surface area contributed by atoms with Crippen LogP contribution in [0, 0.1) is 0 Å². The first-order valence-electron chi connectivity index (χ1n) is 8.64. The Labute approximate surface area is 144 Å². The Balaban J connectivity index is 1.90. The number of piperidine rings is 1. The summed E-state index contributed by atoms with van der Waals surface area (Å²) in [7, 11) is 1.61. The zero-order valence-electron chi connectivity index (χ0n) is 14.6. The molecule has 5 nitrogen and oxygen atoms in total. The topological polar surface area (TPSA) is 62.2 Å². The van der Waals surface area contributed by atoms with E-state index in [9.17, 15) is 10.2 Å². The number of nitrogens with zero attached hydrogens (tertiary/aromatic N) is 1. The molecular formula is C19H29NO4. The molecule has 1 aliphatic heterocycles. The first kappa shape index (κ1) is 18.8. The highest BCUT2D eigenvalue weighted by molar-refractivity contribution is 5.55. The molecule has 0 spiro atoms. The van der Waals surface area contributed by atoms with Crippen LogP contribution in [0.1, 0.15) is 31.7 Å². The fourth-order valence-electron chi connectivity index (χ4n) is 3.12. The van der Waals surface area contributed by atoms with Gasteiger partial charge in [-0.3, -0.25) is 4.90 Å². The van der Waals surface area contributed by atoms with Crippen molar-refractivity contribution >= 4 is 6.08 Å². The van der Waals surface area contributed by atoms with Crippen molar-refractivity contribution in [2.45, 2.75) is 38.3 Å². The predicted molar refractivity (Wildman–Crippen MR) is 95.5 cm³/mol. The van der Waals surface area contributed by atoms with Crippen LogP contribution in [0.15, 0.2) is 24.3 Å². The normalized spacial score (nSPS) is 20.2. The van der Waals surface area contributed by atoms with Crippen molar-refractivity contribution < 1.29 is 19.7 Å². The van der Waals surface area contributed by atoms with Crippen molar-refractivity contribution in [1.29, 1.82) is 0 Å². The lowest BCUT2D eigenvalue weighted by atomic mass is 10.0. The number of aliphatic hydroxyl groups is 2. The quantitative estimate of drug-likeness (QED) is 0.763. The summed E-state index contributed by atoms with van der Waals surface area (Å²) in [5, 5.41) is 19.7. The molecule has 0 saturated carbocycles. The zero-order chi connectivity index (χ0) is 17.4. The summed E-state index contributed by atoms with van der Waals surface area (Å²) in [5.41, 5.74) is 1.04. The maximum absolute atomic E-state index is 10.3. The average molecular weight is 335 g/mol. The van der Waals surface area contributed by atoms with Crippen LogP contribution in [0.3, 0.4) is 0 Å². The van der Waals surface area contributed by atoms with E-state index in [4.69, 9.17) is 9.47 Å². The molecule has 0 unspecified atom stereocenters. The number of benzene rings is 1. The van der Waals surface area contributed by atoms with E-state index >= 15 is 0 Å². The smallest absolute Gasteiger partial charge is 0.161 e. The molecule has 5 heteroatoms. The first-order chi connectivity index (χ1) is 11.7. The maximum Gasteiger partial charge on any atom is 0.161 e. The number of allylic oxidation sites excluding steroid dienone is 1. The number of hydrogen-bond acceptors (Lipinski definition) is 5. The molecule has 1 heterocycles. The van der Waals surface area contributed by atoms with E-state index in [-0.39, 0.29) is 19.3 Å². The van der Waals surface area contributed by atoms with E-state index < -0.39 is 6.10 Å². The van der Waals surface area contributed by atoms with Crippen molar-refractivity contribution in [1.82, 2.24) is 4.90 Å². The Hall–Kier alpha value is -1.56. The highest BCUT2D eigenvalue weighted by Crippen LogP contribution is 2.28. The Morgan fingerprint density at radius 3 is 2.88 bits per heavy atom. The molecule has 1 saturated heterocycles. The van der Waals surface area contributed by atoms with Crippen LogP contribution in [0.25, 0.3) is 6.08 Å². The Bertz CT molecular complexity index is 532. The summed E-state index contributed by atoms with van der Waals surface area (Å²) >= 11 is 0. The third-order valence-electron chi connectivity index (χ3n) is 4.38. The van der Waals surface area contributed by atoms with E-state index in [1.54, 1.807) is 7.11 Å². The first-order valence-corrected chi connectivity index (χ1v) is 8.64. The van der Waals surface area contributed by atoms with Crippen molar-refractivity contribution in [3.8, 4) is 11.5 Å². The lowest BCUT2D eigenvalue weighted by Crippen LogP contribution is -2.46. The highest BCUT2D eigenvalue weighted by atomic mass is 16.5. The van der Waals surface area contributed by atoms with E-state index in [0.29, 0.717) is 18.0 Å². The number of ether oxygens (including phenoxy) is 2. The van der Waals surface area contributed by atoms with Crippen LogP contribution in [0.2, 0.25) is 0 Å². The second-order valence-corrected chi connectivity index (χ2v) is 6.20. The molecular weight excluding hydrogens is 306 g/mol. The largest absolute Gasteiger partial charge is 0.493 e. The highest BCUT2D eigenvalue weighted by Gasteiger charge is 2.24. The van der Waals surface area contributed by atoms with Crippen LogP contribution in [-0.2, 0) is 0 Å². The number of methoxy groups -OCH3 is 1. The van der Waals surface area contributed by atoms with Gasteiger partial charge < -0.3 is 19.7 Å². The summed E-state index contributed by atoms with van der Waals surface area (Å²) in [6, 6.07) is 5.88. The predicted octanol–water partition coefficient (Wildman–Crippen LogP) is 2.31. The minimum atomic E-state index is -0.600. The summed E-state index contributed by atoms with van der Waals surface area (Å²) in [4.78, 5) is 2.16. The molecule has 1 fully saturated rings. The van der Waals surface area contributed by atoms with Crippen LogP contribution in [0.4, 0.5) is 0 Å². The van der Waals surface area contributed by atoms with E-state index in [2.05, 4.69) is 4.90 Å². The van der Waals surface area contributed by atoms with Gasteiger partial charge in [-0.2, -0.15) is 0 Å². The van der Waals surface area contributed by atoms with Crippen LogP contribution in [0.5, 0.6) is 11.5 Å². The standard InChI is InChI=1S/C19H29NO4/c1-3-6-15-8-9-18(19(11-15)23-2)24-14-17(22)12-20-10-5-4-7-16(20)13-21/h3,6,8-9,11,16-17,21-22H,4-5,7,10,12-14H2,1-2H3/b6-3+/t16-,17-/m1/s1. The maximum atomic E-state index is 10.3. The molecule has 0 radical (unpaired) electrons. The van der Waals surface area contributed by atoms with Gasteiger partial charge in [0.05, 0.1) is 13.7 Å². The fraction of sp³-hybridized carbons (Fsp3) is 0.579. The Kier molecular flexibility index (Phi) is 7.56. The van der Waals surface area contributed by atoms with Crippen LogP contribution in [-0.4, -0.2) is 60.7 Å². The van der Waals surface area contributed by atoms with E-state index in [0.717, 1.165) is 31.4 Å². The lowest BCUT2D eigenvalue weighted by Gasteiger charge is -2.35. The second kappa shape index (κ2) is 9.67. The molecule has 0 aromatic heterocycles. The molecule has 134 valence electrons. The van der Waals surface area contributed by atoms with Crippen molar-refractivity contribution in [2.24, 2.45) is 0 Å². The molecule has 1 aromatic rings. The number of rotatable bonds is 8. The summed E-state index contributed by atoms with van der Waals surface area (Å²) in [6.45, 7) is 3.75. The van der Waals surface area contributed by atoms with Gasteiger partial charge in [0.1, 0.15) is 12.7 Å². The van der Waals surface area contributed by atoms with Gasteiger partial charge in [-0.15, -0.1) is 0 Å². The summed E-state index contributed by atoms with van der Waals surface area (Å²) < 4.78 is 11.1. The SMILES string of the molecule is C/C=C/c1ccc(OC[C@H](O)CN2CCCC[C@@H]2CO)c(OC)c1. The lowest BCUT2D eigenvalue weighted by molar-refractivity contribution is 0.0228. The van der Waals surface area contributed by atoms with Gasteiger partial charge in [0.2, 0.25) is 0 Å². The minimum absolute atomic E-state index is 0.147. The van der Waals surface area contributed by atoms with Gasteiger partial charge in [-0.25, -0.2) is 0 Å². The summed E-state index contributed by atoms with van der Waals surface area (Å²) in [5.74, 6) is 1.28. The molecule has 0 aliphatic carbocycles. The molecule has 0 bridgehead atoms. The number of β-amino-alcohol motifs (C(OH)–C–C–N with tert-alkyl or cyclic N) is 1. The molecule has 1 aliphatic rings.